The number of hydrogen-bond donors (Lipinski definition) is 0. The first-order valence-corrected chi connectivity index (χ1v) is 9.05. The lowest BCUT2D eigenvalue weighted by Crippen LogP contribution is -2.33. The monoisotopic (exact) mass is 275 g/mol. The van der Waals surface area contributed by atoms with E-state index in [1.54, 1.807) is 0 Å². The number of amides is 2. The van der Waals surface area contributed by atoms with Crippen LogP contribution in [-0.4, -0.2) is 44.6 Å². The summed E-state index contributed by atoms with van der Waals surface area (Å²) in [5.74, 6) is -1.06. The van der Waals surface area contributed by atoms with Crippen molar-refractivity contribution in [2.24, 2.45) is 0 Å². The molecule has 0 radical (unpaired) electrons. The van der Waals surface area contributed by atoms with Crippen molar-refractivity contribution in [3.63, 3.8) is 0 Å². The van der Waals surface area contributed by atoms with Gasteiger partial charge in [0.15, 0.2) is 8.32 Å². The molecule has 0 N–H and O–H groups in total. The van der Waals surface area contributed by atoms with Crippen LogP contribution < -0.4 is 0 Å². The van der Waals surface area contributed by atoms with Gasteiger partial charge < -0.3 is 9.16 Å². The molecule has 1 aliphatic rings. The molecule has 0 saturated carbocycles. The lowest BCUT2D eigenvalue weighted by molar-refractivity contribution is -0.177. The number of carbonyl (C=O) groups is 3. The standard InChI is InChI=1S/C10H17NO6Si/c1-18(2,3)16-7-6-15-10(14)17-11-8(12)4-5-9(11)13/h4-7H2,1-3H3. The van der Waals surface area contributed by atoms with Crippen LogP contribution in [0.2, 0.25) is 19.6 Å². The molecule has 0 aromatic carbocycles. The molecule has 2 amide bonds. The van der Waals surface area contributed by atoms with Crippen molar-refractivity contribution in [1.82, 2.24) is 5.06 Å². The molecule has 0 aliphatic carbocycles. The molecule has 18 heavy (non-hydrogen) atoms. The third kappa shape index (κ3) is 4.84. The van der Waals surface area contributed by atoms with Crippen LogP contribution in [0.25, 0.3) is 0 Å². The highest BCUT2D eigenvalue weighted by molar-refractivity contribution is 6.69. The van der Waals surface area contributed by atoms with Gasteiger partial charge in [-0.2, -0.15) is 0 Å². The molecule has 0 aromatic rings. The number of ether oxygens (including phenoxy) is 1. The van der Waals surface area contributed by atoms with Crippen LogP contribution in [0.1, 0.15) is 12.8 Å². The molecule has 1 fully saturated rings. The van der Waals surface area contributed by atoms with Gasteiger partial charge in [0.25, 0.3) is 11.8 Å². The molecule has 1 rings (SSSR count). The molecule has 1 heterocycles. The predicted molar refractivity (Wildman–Crippen MR) is 62.8 cm³/mol. The summed E-state index contributed by atoms with van der Waals surface area (Å²) in [6.45, 7) is 6.32. The largest absolute Gasteiger partial charge is 0.534 e. The average molecular weight is 275 g/mol. The van der Waals surface area contributed by atoms with Gasteiger partial charge in [0.05, 0.1) is 6.61 Å². The first kappa shape index (κ1) is 14.6. The van der Waals surface area contributed by atoms with Crippen molar-refractivity contribution in [3.8, 4) is 0 Å². The number of carbonyl (C=O) groups excluding carboxylic acids is 3. The summed E-state index contributed by atoms with van der Waals surface area (Å²) in [4.78, 5) is 37.9. The summed E-state index contributed by atoms with van der Waals surface area (Å²) in [7, 11) is -1.64. The quantitative estimate of drug-likeness (QED) is 0.323. The van der Waals surface area contributed by atoms with E-state index in [1.165, 1.54) is 0 Å². The third-order valence-corrected chi connectivity index (χ3v) is 3.08. The molecular weight excluding hydrogens is 258 g/mol. The first-order valence-electron chi connectivity index (χ1n) is 5.64. The molecular formula is C10H17NO6Si. The van der Waals surface area contributed by atoms with Crippen molar-refractivity contribution in [2.75, 3.05) is 13.2 Å². The van der Waals surface area contributed by atoms with E-state index in [4.69, 9.17) is 4.43 Å². The van der Waals surface area contributed by atoms with Gasteiger partial charge in [-0.25, -0.2) is 4.79 Å². The summed E-state index contributed by atoms with van der Waals surface area (Å²) in [6, 6.07) is 0. The van der Waals surface area contributed by atoms with Crippen molar-refractivity contribution in [2.45, 2.75) is 32.5 Å². The van der Waals surface area contributed by atoms with Gasteiger partial charge in [-0.15, -0.1) is 0 Å². The normalized spacial score (nSPS) is 16.1. The van der Waals surface area contributed by atoms with Crippen LogP contribution in [0.5, 0.6) is 0 Å². The highest BCUT2D eigenvalue weighted by Gasteiger charge is 2.33. The highest BCUT2D eigenvalue weighted by Crippen LogP contribution is 2.12. The van der Waals surface area contributed by atoms with Crippen molar-refractivity contribution in [3.05, 3.63) is 0 Å². The lowest BCUT2D eigenvalue weighted by atomic mass is 10.4. The zero-order valence-electron chi connectivity index (χ0n) is 10.7. The zero-order chi connectivity index (χ0) is 13.8. The minimum absolute atomic E-state index is 0.0271. The van der Waals surface area contributed by atoms with Crippen LogP contribution in [0, 0.1) is 0 Å². The Labute approximate surface area is 106 Å². The number of hydroxylamine groups is 2. The number of hydrogen-bond acceptors (Lipinski definition) is 6. The fraction of sp³-hybridized carbons (Fsp3) is 0.700. The fourth-order valence-electron chi connectivity index (χ4n) is 1.23. The van der Waals surface area contributed by atoms with Crippen LogP contribution in [0.3, 0.4) is 0 Å². The van der Waals surface area contributed by atoms with Crippen LogP contribution in [-0.2, 0) is 23.6 Å². The van der Waals surface area contributed by atoms with E-state index in [2.05, 4.69) is 9.57 Å². The predicted octanol–water partition coefficient (Wildman–Crippen LogP) is 1.06. The van der Waals surface area contributed by atoms with Crippen molar-refractivity contribution in [1.29, 1.82) is 0 Å². The molecule has 7 nitrogen and oxygen atoms in total. The van der Waals surface area contributed by atoms with Crippen LogP contribution >= 0.6 is 0 Å². The van der Waals surface area contributed by atoms with Gasteiger partial charge in [0.1, 0.15) is 6.61 Å². The van der Waals surface area contributed by atoms with E-state index in [1.807, 2.05) is 19.6 Å². The van der Waals surface area contributed by atoms with Crippen LogP contribution in [0.15, 0.2) is 0 Å². The topological polar surface area (TPSA) is 82.1 Å². The van der Waals surface area contributed by atoms with Gasteiger partial charge in [-0.05, 0) is 19.6 Å². The second kappa shape index (κ2) is 5.96. The minimum Gasteiger partial charge on any atom is -0.430 e. The minimum atomic E-state index is -1.64. The third-order valence-electron chi connectivity index (χ3n) is 2.01. The summed E-state index contributed by atoms with van der Waals surface area (Å²) < 4.78 is 10.1. The Morgan fingerprint density at radius 2 is 1.72 bits per heavy atom. The summed E-state index contributed by atoms with van der Waals surface area (Å²) in [5, 5.41) is 0.446. The van der Waals surface area contributed by atoms with E-state index >= 15 is 0 Å². The Bertz CT molecular complexity index is 335. The Kier molecular flexibility index (Phi) is 4.85. The molecule has 0 bridgehead atoms. The van der Waals surface area contributed by atoms with Gasteiger partial charge in [-0.3, -0.25) is 14.4 Å². The molecule has 0 spiro atoms. The zero-order valence-corrected chi connectivity index (χ0v) is 11.7. The Balaban J connectivity index is 2.22. The molecule has 102 valence electrons. The van der Waals surface area contributed by atoms with E-state index in [9.17, 15) is 14.4 Å². The maximum absolute atomic E-state index is 11.2. The highest BCUT2D eigenvalue weighted by atomic mass is 28.4. The summed E-state index contributed by atoms with van der Waals surface area (Å²) >= 11 is 0. The average Bonchev–Trinajstić information content (AvgIpc) is 2.55. The molecule has 0 aromatic heterocycles. The van der Waals surface area contributed by atoms with Gasteiger partial charge >= 0.3 is 6.16 Å². The lowest BCUT2D eigenvalue weighted by Gasteiger charge is -2.17. The SMILES string of the molecule is C[Si](C)(C)OCCOC(=O)ON1C(=O)CCC1=O. The summed E-state index contributed by atoms with van der Waals surface area (Å²) in [6.07, 6.45) is -0.951. The van der Waals surface area contributed by atoms with Gasteiger partial charge in [-0.1, -0.05) is 5.06 Å². The smallest absolute Gasteiger partial charge is 0.430 e. The Morgan fingerprint density at radius 3 is 2.22 bits per heavy atom. The molecule has 0 unspecified atom stereocenters. The fourth-order valence-corrected chi connectivity index (χ4v) is 1.93. The van der Waals surface area contributed by atoms with E-state index in [0.717, 1.165) is 0 Å². The van der Waals surface area contributed by atoms with Gasteiger partial charge in [0.2, 0.25) is 0 Å². The maximum atomic E-state index is 11.2. The summed E-state index contributed by atoms with van der Waals surface area (Å²) in [5.41, 5.74) is 0. The van der Waals surface area contributed by atoms with E-state index in [-0.39, 0.29) is 26.1 Å². The van der Waals surface area contributed by atoms with Crippen LogP contribution in [0.4, 0.5) is 4.79 Å². The number of imide groups is 1. The number of rotatable bonds is 5. The first-order chi connectivity index (χ1) is 8.29. The second-order valence-electron chi connectivity index (χ2n) is 4.73. The molecule has 1 saturated heterocycles. The van der Waals surface area contributed by atoms with Crippen molar-refractivity contribution >= 4 is 26.3 Å². The Hall–Kier alpha value is -1.41. The maximum Gasteiger partial charge on any atom is 0.534 e. The van der Waals surface area contributed by atoms with Gasteiger partial charge in [0, 0.05) is 12.8 Å². The molecule has 0 atom stereocenters. The number of nitrogens with zero attached hydrogens (tertiary/aromatic N) is 1. The Morgan fingerprint density at radius 1 is 1.17 bits per heavy atom. The van der Waals surface area contributed by atoms with E-state index < -0.39 is 26.3 Å². The molecule has 1 aliphatic heterocycles. The van der Waals surface area contributed by atoms with E-state index in [0.29, 0.717) is 5.06 Å². The van der Waals surface area contributed by atoms with Crippen molar-refractivity contribution < 1.29 is 28.4 Å². The second-order valence-corrected chi connectivity index (χ2v) is 9.25. The molecule has 8 heteroatoms.